The van der Waals surface area contributed by atoms with E-state index < -0.39 is 12.8 Å². The number of hydrogen-bond donors (Lipinski definition) is 2. The van der Waals surface area contributed by atoms with Crippen LogP contribution < -0.4 is 10.6 Å². The number of aromatic nitrogens is 3. The Kier molecular flexibility index (Phi) is 6.50. The molecule has 1 aliphatic rings. The van der Waals surface area contributed by atoms with Gasteiger partial charge in [0, 0.05) is 26.1 Å². The summed E-state index contributed by atoms with van der Waals surface area (Å²) in [6, 6.07) is 7.45. The number of aliphatic imine (C=N–C) groups is 1. The third-order valence-electron chi connectivity index (χ3n) is 4.36. The van der Waals surface area contributed by atoms with E-state index in [1.807, 2.05) is 16.8 Å². The van der Waals surface area contributed by atoms with Crippen LogP contribution in [0.1, 0.15) is 23.4 Å². The van der Waals surface area contributed by atoms with E-state index >= 15 is 0 Å². The highest BCUT2D eigenvalue weighted by atomic mass is 19.4. The number of fused-ring (bicyclic) bond motifs is 1. The van der Waals surface area contributed by atoms with Gasteiger partial charge in [0.2, 0.25) is 0 Å². The molecular weight excluding hydrogens is 373 g/mol. The maximum Gasteiger partial charge on any atom is 0.411 e. The van der Waals surface area contributed by atoms with Gasteiger partial charge in [-0.2, -0.15) is 18.3 Å². The predicted octanol–water partition coefficient (Wildman–Crippen LogP) is 2.04. The van der Waals surface area contributed by atoms with Crippen LogP contribution in [0.2, 0.25) is 0 Å². The first-order valence-electron chi connectivity index (χ1n) is 8.99. The predicted molar refractivity (Wildman–Crippen MR) is 97.6 cm³/mol. The van der Waals surface area contributed by atoms with Crippen LogP contribution in [0.4, 0.5) is 13.2 Å². The van der Waals surface area contributed by atoms with E-state index in [0.717, 1.165) is 30.8 Å². The minimum absolute atomic E-state index is 0.0807. The smallest absolute Gasteiger partial charge is 0.367 e. The monoisotopic (exact) mass is 396 g/mol. The minimum Gasteiger partial charge on any atom is -0.367 e. The lowest BCUT2D eigenvalue weighted by Crippen LogP contribution is -2.46. The number of rotatable bonds is 6. The van der Waals surface area contributed by atoms with E-state index in [1.54, 1.807) is 25.5 Å². The molecule has 0 saturated heterocycles. The molecule has 0 radical (unpaired) electrons. The summed E-state index contributed by atoms with van der Waals surface area (Å²) in [6.45, 7) is -0.111. The van der Waals surface area contributed by atoms with Crippen LogP contribution in [-0.2, 0) is 30.9 Å². The van der Waals surface area contributed by atoms with Crippen molar-refractivity contribution in [2.75, 3.05) is 13.7 Å². The summed E-state index contributed by atoms with van der Waals surface area (Å²) in [5.74, 6) is 1.65. The quantitative estimate of drug-likeness (QED) is 0.577. The molecule has 1 unspecified atom stereocenters. The number of alkyl halides is 3. The number of nitrogens with zero attached hydrogens (tertiary/aromatic N) is 4. The lowest BCUT2D eigenvalue weighted by molar-refractivity contribution is -0.176. The molecule has 0 aliphatic carbocycles. The number of hydrogen-bond acceptors (Lipinski definition) is 4. The average Bonchev–Trinajstić information content (AvgIpc) is 3.12. The standard InChI is InChI=1S/C18H23F3N6O/c1-22-17(26-15-5-6-16-24-12-25-27(16)9-15)23-8-13-3-2-4-14(7-13)10-28-11-18(19,20)21/h2-4,7,12,15H,5-6,8-11H2,1H3,(H2,22,23,26). The molecule has 1 aromatic carbocycles. The first kappa shape index (κ1) is 20.1. The molecule has 3 rings (SSSR count). The molecule has 2 N–H and O–H groups in total. The molecule has 1 aliphatic heterocycles. The van der Waals surface area contributed by atoms with E-state index in [0.29, 0.717) is 18.1 Å². The molecule has 7 nitrogen and oxygen atoms in total. The van der Waals surface area contributed by atoms with Gasteiger partial charge in [-0.25, -0.2) is 9.67 Å². The number of guanidine groups is 1. The van der Waals surface area contributed by atoms with E-state index in [9.17, 15) is 13.2 Å². The van der Waals surface area contributed by atoms with Gasteiger partial charge in [-0.15, -0.1) is 0 Å². The van der Waals surface area contributed by atoms with Gasteiger partial charge in [0.05, 0.1) is 13.2 Å². The maximum atomic E-state index is 12.2. The van der Waals surface area contributed by atoms with Gasteiger partial charge >= 0.3 is 6.18 Å². The largest absolute Gasteiger partial charge is 0.411 e. The van der Waals surface area contributed by atoms with Crippen molar-refractivity contribution in [2.45, 2.75) is 44.8 Å². The molecule has 2 heterocycles. The fraction of sp³-hybridized carbons (Fsp3) is 0.500. The highest BCUT2D eigenvalue weighted by molar-refractivity contribution is 5.79. The van der Waals surface area contributed by atoms with Gasteiger partial charge in [0.15, 0.2) is 5.96 Å². The fourth-order valence-electron chi connectivity index (χ4n) is 3.04. The molecule has 28 heavy (non-hydrogen) atoms. The number of nitrogens with one attached hydrogen (secondary N) is 2. The van der Waals surface area contributed by atoms with Crippen molar-refractivity contribution in [3.63, 3.8) is 0 Å². The summed E-state index contributed by atoms with van der Waals surface area (Å²) in [7, 11) is 1.69. The Labute approximate surface area is 161 Å². The maximum absolute atomic E-state index is 12.2. The second-order valence-electron chi connectivity index (χ2n) is 6.59. The Morgan fingerprint density at radius 1 is 1.36 bits per heavy atom. The van der Waals surface area contributed by atoms with E-state index in [2.05, 4.69) is 25.7 Å². The van der Waals surface area contributed by atoms with Crippen molar-refractivity contribution in [3.8, 4) is 0 Å². The van der Waals surface area contributed by atoms with Crippen molar-refractivity contribution >= 4 is 5.96 Å². The van der Waals surface area contributed by atoms with Crippen LogP contribution in [0.15, 0.2) is 35.6 Å². The first-order valence-corrected chi connectivity index (χ1v) is 8.99. The summed E-state index contributed by atoms with van der Waals surface area (Å²) >= 11 is 0. The van der Waals surface area contributed by atoms with Crippen molar-refractivity contribution in [1.82, 2.24) is 25.4 Å². The number of halogens is 3. The minimum atomic E-state index is -4.32. The lowest BCUT2D eigenvalue weighted by Gasteiger charge is -2.25. The summed E-state index contributed by atoms with van der Waals surface area (Å²) in [4.78, 5) is 8.45. The summed E-state index contributed by atoms with van der Waals surface area (Å²) in [6.07, 6.45) is -0.959. The summed E-state index contributed by atoms with van der Waals surface area (Å²) in [5, 5.41) is 10.8. The third-order valence-corrected chi connectivity index (χ3v) is 4.36. The highest BCUT2D eigenvalue weighted by Crippen LogP contribution is 2.16. The molecular formula is C18H23F3N6O. The van der Waals surface area contributed by atoms with Crippen LogP contribution in [-0.4, -0.2) is 46.6 Å². The van der Waals surface area contributed by atoms with Crippen LogP contribution in [0.5, 0.6) is 0 Å². The molecule has 0 fully saturated rings. The summed E-state index contributed by atoms with van der Waals surface area (Å²) < 4.78 is 43.1. The molecule has 1 aromatic heterocycles. The van der Waals surface area contributed by atoms with Crippen molar-refractivity contribution in [3.05, 3.63) is 47.5 Å². The Hall–Kier alpha value is -2.62. The topological polar surface area (TPSA) is 76.4 Å². The third kappa shape index (κ3) is 5.95. The van der Waals surface area contributed by atoms with Crippen LogP contribution in [0.3, 0.4) is 0 Å². The van der Waals surface area contributed by atoms with Crippen LogP contribution in [0, 0.1) is 0 Å². The van der Waals surface area contributed by atoms with Gasteiger partial charge in [-0.1, -0.05) is 24.3 Å². The number of ether oxygens (including phenoxy) is 1. The fourth-order valence-corrected chi connectivity index (χ4v) is 3.04. The van der Waals surface area contributed by atoms with Gasteiger partial charge in [0.25, 0.3) is 0 Å². The Bertz CT molecular complexity index is 805. The van der Waals surface area contributed by atoms with Crippen LogP contribution >= 0.6 is 0 Å². The normalized spacial score (nSPS) is 17.3. The van der Waals surface area contributed by atoms with Crippen molar-refractivity contribution in [1.29, 1.82) is 0 Å². The molecule has 10 heteroatoms. The van der Waals surface area contributed by atoms with Gasteiger partial charge < -0.3 is 15.4 Å². The van der Waals surface area contributed by atoms with E-state index in [1.165, 1.54) is 0 Å². The first-order chi connectivity index (χ1) is 13.4. The zero-order valence-corrected chi connectivity index (χ0v) is 15.5. The van der Waals surface area contributed by atoms with Gasteiger partial charge in [-0.05, 0) is 17.5 Å². The summed E-state index contributed by atoms with van der Waals surface area (Å²) in [5.41, 5.74) is 1.62. The lowest BCUT2D eigenvalue weighted by atomic mass is 10.1. The molecule has 2 aromatic rings. The molecule has 0 spiro atoms. The second kappa shape index (κ2) is 9.05. The molecule has 0 bridgehead atoms. The average molecular weight is 396 g/mol. The SMILES string of the molecule is CN=C(NCc1cccc(COCC(F)(F)F)c1)NC1CCc2ncnn2C1. The number of aryl methyl sites for hydroxylation is 1. The van der Waals surface area contributed by atoms with Gasteiger partial charge in [0.1, 0.15) is 18.8 Å². The molecule has 0 amide bonds. The van der Waals surface area contributed by atoms with E-state index in [-0.39, 0.29) is 12.6 Å². The molecule has 0 saturated carbocycles. The van der Waals surface area contributed by atoms with Gasteiger partial charge in [-0.3, -0.25) is 4.99 Å². The van der Waals surface area contributed by atoms with Crippen molar-refractivity contribution in [2.24, 2.45) is 4.99 Å². The Morgan fingerprint density at radius 2 is 2.18 bits per heavy atom. The molecule has 1 atom stereocenters. The van der Waals surface area contributed by atoms with Crippen molar-refractivity contribution < 1.29 is 17.9 Å². The zero-order valence-electron chi connectivity index (χ0n) is 15.5. The molecule has 152 valence electrons. The number of benzene rings is 1. The Morgan fingerprint density at radius 3 is 2.96 bits per heavy atom. The zero-order chi connectivity index (χ0) is 20.0. The van der Waals surface area contributed by atoms with E-state index in [4.69, 9.17) is 4.74 Å². The van der Waals surface area contributed by atoms with Crippen LogP contribution in [0.25, 0.3) is 0 Å². The second-order valence-corrected chi connectivity index (χ2v) is 6.59. The Balaban J connectivity index is 1.48. The highest BCUT2D eigenvalue weighted by Gasteiger charge is 2.27.